The molecule has 0 aliphatic rings. The number of alkyl halides is 3. The summed E-state index contributed by atoms with van der Waals surface area (Å²) < 4.78 is 59.8. The molecular weight excluding hydrogens is 331 g/mol. The van der Waals surface area contributed by atoms with Crippen molar-refractivity contribution >= 4 is 20.6 Å². The Morgan fingerprint density at radius 2 is 2.09 bits per heavy atom. The van der Waals surface area contributed by atoms with Crippen LogP contribution in [-0.2, 0) is 15.3 Å². The van der Waals surface area contributed by atoms with Crippen LogP contribution in [0.25, 0.3) is 10.9 Å². The number of aliphatic hydroxyl groups is 1. The van der Waals surface area contributed by atoms with Gasteiger partial charge in [0, 0.05) is 39.2 Å². The zero-order valence-corrected chi connectivity index (χ0v) is 13.3. The smallest absolute Gasteiger partial charge is 0.375 e. The highest BCUT2D eigenvalue weighted by Gasteiger charge is 2.56. The monoisotopic (exact) mass is 349 g/mol. The molecule has 2 rings (SSSR count). The van der Waals surface area contributed by atoms with Gasteiger partial charge in [0.15, 0.2) is 0 Å². The van der Waals surface area contributed by atoms with Crippen molar-refractivity contribution in [2.75, 3.05) is 11.5 Å². The highest BCUT2D eigenvalue weighted by atomic mass is 32.2. The van der Waals surface area contributed by atoms with E-state index >= 15 is 0 Å². The van der Waals surface area contributed by atoms with Gasteiger partial charge >= 0.3 is 6.18 Å². The van der Waals surface area contributed by atoms with Gasteiger partial charge in [-0.2, -0.15) is 13.2 Å². The number of aromatic nitrogens is 2. The van der Waals surface area contributed by atoms with Gasteiger partial charge in [-0.1, -0.05) is 6.92 Å². The topological polar surface area (TPSA) is 89.8 Å². The number of nitrogens with zero attached hydrogens (tertiary/aromatic N) is 1. The summed E-state index contributed by atoms with van der Waals surface area (Å²) in [4.78, 5) is 6.52. The normalized spacial score (nSPS) is 17.8. The molecule has 0 saturated carbocycles. The molecule has 0 radical (unpaired) electrons. The molecule has 9 heteroatoms. The lowest BCUT2D eigenvalue weighted by Crippen LogP contribution is -2.44. The van der Waals surface area contributed by atoms with Gasteiger partial charge in [0.2, 0.25) is 5.60 Å². The summed E-state index contributed by atoms with van der Waals surface area (Å²) >= 11 is 0. The second-order valence-corrected chi connectivity index (χ2v) is 7.90. The van der Waals surface area contributed by atoms with Crippen molar-refractivity contribution < 1.29 is 22.5 Å². The summed E-state index contributed by atoms with van der Waals surface area (Å²) in [5.41, 5.74) is -3.23. The molecule has 0 aliphatic heterocycles. The molecule has 0 aromatic carbocycles. The van der Waals surface area contributed by atoms with Crippen LogP contribution in [0.1, 0.15) is 25.5 Å². The number of fused-ring (bicyclic) bond motifs is 1. The maximum Gasteiger partial charge on any atom is 0.423 e. The number of pyridine rings is 1. The van der Waals surface area contributed by atoms with E-state index < -0.39 is 39.4 Å². The number of aromatic amines is 1. The standard InChI is InChI=1S/C14H18F3N3O2S/c1-2-6-23(18,22)7-4-13(21,14(15,16)17)12-8-10-3-5-19-11(10)9-20-12/h3,5,8-9,18-19,21H,2,4,6-7H2,1H3. The first kappa shape index (κ1) is 17.7. The van der Waals surface area contributed by atoms with Crippen LogP contribution in [0.15, 0.2) is 24.5 Å². The molecule has 0 bridgehead atoms. The molecule has 0 aliphatic carbocycles. The van der Waals surface area contributed by atoms with Crippen molar-refractivity contribution in [3.8, 4) is 0 Å². The Balaban J connectivity index is 2.39. The molecule has 0 fully saturated rings. The zero-order chi connectivity index (χ0) is 17.3. The number of hydrogen-bond donors (Lipinski definition) is 3. The zero-order valence-electron chi connectivity index (χ0n) is 12.5. The van der Waals surface area contributed by atoms with E-state index in [9.17, 15) is 22.5 Å². The van der Waals surface area contributed by atoms with Crippen LogP contribution in [0.5, 0.6) is 0 Å². The second kappa shape index (κ2) is 6.12. The van der Waals surface area contributed by atoms with E-state index in [1.165, 1.54) is 6.20 Å². The van der Waals surface area contributed by atoms with Gasteiger partial charge in [0.1, 0.15) is 0 Å². The molecule has 5 nitrogen and oxygen atoms in total. The first-order valence-electron chi connectivity index (χ1n) is 7.06. The fourth-order valence-electron chi connectivity index (χ4n) is 2.34. The van der Waals surface area contributed by atoms with Crippen LogP contribution in [0, 0.1) is 4.78 Å². The Bertz CT molecular complexity index is 786. The van der Waals surface area contributed by atoms with Gasteiger partial charge in [-0.15, -0.1) is 0 Å². The van der Waals surface area contributed by atoms with Crippen LogP contribution < -0.4 is 0 Å². The Morgan fingerprint density at radius 1 is 1.39 bits per heavy atom. The first-order chi connectivity index (χ1) is 10.6. The van der Waals surface area contributed by atoms with Gasteiger partial charge in [0.25, 0.3) is 0 Å². The predicted octanol–water partition coefficient (Wildman–Crippen LogP) is 3.16. The Kier molecular flexibility index (Phi) is 4.72. The van der Waals surface area contributed by atoms with Crippen molar-refractivity contribution in [2.24, 2.45) is 0 Å². The summed E-state index contributed by atoms with van der Waals surface area (Å²) in [5.74, 6) is -0.533. The van der Waals surface area contributed by atoms with Crippen LogP contribution in [-0.4, -0.2) is 37.0 Å². The third kappa shape index (κ3) is 3.66. The van der Waals surface area contributed by atoms with Crippen molar-refractivity contribution in [2.45, 2.75) is 31.5 Å². The minimum Gasteiger partial charge on any atom is -0.375 e. The number of rotatable bonds is 6. The summed E-state index contributed by atoms with van der Waals surface area (Å²) in [5, 5.41) is 10.7. The SMILES string of the molecule is CCCS(=N)(=O)CCC(O)(c1cc2cc[nH]c2cn1)C(F)(F)F. The number of halogens is 3. The minimum atomic E-state index is -4.98. The maximum absolute atomic E-state index is 13.4. The Morgan fingerprint density at radius 3 is 2.70 bits per heavy atom. The summed E-state index contributed by atoms with van der Waals surface area (Å²) in [6, 6.07) is 2.73. The summed E-state index contributed by atoms with van der Waals surface area (Å²) in [7, 11) is -3.16. The maximum atomic E-state index is 13.4. The number of hydrogen-bond acceptors (Lipinski definition) is 4. The van der Waals surface area contributed by atoms with Crippen molar-refractivity contribution in [1.82, 2.24) is 9.97 Å². The molecule has 2 aromatic heterocycles. The van der Waals surface area contributed by atoms with E-state index in [0.29, 0.717) is 17.3 Å². The third-order valence-corrected chi connectivity index (χ3v) is 5.59. The highest BCUT2D eigenvalue weighted by molar-refractivity contribution is 7.92. The quantitative estimate of drug-likeness (QED) is 0.748. The summed E-state index contributed by atoms with van der Waals surface area (Å²) in [6.45, 7) is 1.70. The van der Waals surface area contributed by atoms with Crippen molar-refractivity contribution in [1.29, 1.82) is 4.78 Å². The van der Waals surface area contributed by atoms with Gasteiger partial charge < -0.3 is 10.1 Å². The number of H-pyrrole nitrogens is 1. The molecule has 0 spiro atoms. The molecule has 2 unspecified atom stereocenters. The summed E-state index contributed by atoms with van der Waals surface area (Å²) in [6.07, 6.45) is -2.64. The fraction of sp³-hybridized carbons (Fsp3) is 0.500. The molecule has 2 aromatic rings. The second-order valence-electron chi connectivity index (χ2n) is 5.46. The van der Waals surface area contributed by atoms with Gasteiger partial charge in [0.05, 0.1) is 17.4 Å². The average molecular weight is 349 g/mol. The van der Waals surface area contributed by atoms with E-state index in [2.05, 4.69) is 9.97 Å². The Hall–Kier alpha value is -1.61. The lowest BCUT2D eigenvalue weighted by Gasteiger charge is -2.30. The van der Waals surface area contributed by atoms with Crippen molar-refractivity contribution in [3.63, 3.8) is 0 Å². The molecule has 128 valence electrons. The predicted molar refractivity (Wildman–Crippen MR) is 81.5 cm³/mol. The molecule has 0 amide bonds. The highest BCUT2D eigenvalue weighted by Crippen LogP contribution is 2.41. The lowest BCUT2D eigenvalue weighted by molar-refractivity contribution is -0.268. The van der Waals surface area contributed by atoms with Crippen LogP contribution in [0.3, 0.4) is 0 Å². The molecule has 0 saturated heterocycles. The van der Waals surface area contributed by atoms with Gasteiger partial charge in [-0.3, -0.25) is 9.76 Å². The van der Waals surface area contributed by atoms with Gasteiger partial charge in [-0.05, 0) is 18.6 Å². The minimum absolute atomic E-state index is 0.00517. The van der Waals surface area contributed by atoms with Crippen LogP contribution in [0.4, 0.5) is 13.2 Å². The van der Waals surface area contributed by atoms with Gasteiger partial charge in [-0.25, -0.2) is 4.21 Å². The largest absolute Gasteiger partial charge is 0.423 e. The molecular formula is C14H18F3N3O2S. The fourth-order valence-corrected chi connectivity index (χ4v) is 3.82. The van der Waals surface area contributed by atoms with Crippen molar-refractivity contribution in [3.05, 3.63) is 30.2 Å². The molecule has 2 heterocycles. The van der Waals surface area contributed by atoms with E-state index in [1.54, 1.807) is 19.2 Å². The Labute approximate surface area is 131 Å². The van der Waals surface area contributed by atoms with E-state index in [0.717, 1.165) is 6.07 Å². The molecule has 23 heavy (non-hydrogen) atoms. The third-order valence-electron chi connectivity index (χ3n) is 3.66. The van der Waals surface area contributed by atoms with Crippen LogP contribution >= 0.6 is 0 Å². The number of nitrogens with one attached hydrogen (secondary N) is 2. The molecule has 2 atom stereocenters. The van der Waals surface area contributed by atoms with E-state index in [1.807, 2.05) is 0 Å². The average Bonchev–Trinajstić information content (AvgIpc) is 2.90. The van der Waals surface area contributed by atoms with E-state index in [4.69, 9.17) is 4.78 Å². The van der Waals surface area contributed by atoms with Crippen LogP contribution in [0.2, 0.25) is 0 Å². The van der Waals surface area contributed by atoms with E-state index in [-0.39, 0.29) is 5.75 Å². The molecule has 3 N–H and O–H groups in total. The lowest BCUT2D eigenvalue weighted by atomic mass is 9.94. The first-order valence-corrected chi connectivity index (χ1v) is 8.95.